The van der Waals surface area contributed by atoms with Crippen LogP contribution in [0.3, 0.4) is 0 Å². The average molecular weight is 378 g/mol. The van der Waals surface area contributed by atoms with E-state index in [-0.39, 0.29) is 17.9 Å². The summed E-state index contributed by atoms with van der Waals surface area (Å²) in [5.74, 6) is 0.507. The highest BCUT2D eigenvalue weighted by atomic mass is 16.3. The van der Waals surface area contributed by atoms with Crippen LogP contribution in [0.25, 0.3) is 5.78 Å². The Hall–Kier alpha value is -2.73. The highest BCUT2D eigenvalue weighted by Gasteiger charge is 2.37. The van der Waals surface area contributed by atoms with Crippen LogP contribution in [0.15, 0.2) is 48.8 Å². The van der Waals surface area contributed by atoms with Gasteiger partial charge in [-0.05, 0) is 44.2 Å². The molecule has 6 heteroatoms. The van der Waals surface area contributed by atoms with Crippen molar-refractivity contribution in [3.63, 3.8) is 0 Å². The topological polar surface area (TPSA) is 70.7 Å². The van der Waals surface area contributed by atoms with Gasteiger partial charge in [-0.2, -0.15) is 0 Å². The normalized spacial score (nSPS) is 19.9. The van der Waals surface area contributed by atoms with Crippen LogP contribution < -0.4 is 0 Å². The quantitative estimate of drug-likeness (QED) is 0.741. The van der Waals surface area contributed by atoms with Crippen LogP contribution >= 0.6 is 0 Å². The van der Waals surface area contributed by atoms with Crippen LogP contribution in [-0.2, 0) is 6.42 Å². The Morgan fingerprint density at radius 2 is 2.07 bits per heavy atom. The number of benzene rings is 1. The Balaban J connectivity index is 1.55. The molecule has 1 aliphatic heterocycles. The maximum absolute atomic E-state index is 13.3. The molecule has 1 saturated heterocycles. The molecular weight excluding hydrogens is 352 g/mol. The lowest BCUT2D eigenvalue weighted by Crippen LogP contribution is -2.48. The molecule has 3 heterocycles. The van der Waals surface area contributed by atoms with E-state index in [1.54, 1.807) is 16.7 Å². The third-order valence-corrected chi connectivity index (χ3v) is 5.85. The number of hydrogen-bond acceptors (Lipinski definition) is 4. The standard InChI is InChI=1S/C22H26N4O2/c1-17-19(26-14-6-12-23-21(26)24-17)20(28)25-13-5-10-22(15-25,16-27)11-9-18-7-3-2-4-8-18/h2-4,6-8,12,14,27H,5,9-11,13,15-16H2,1H3. The van der Waals surface area contributed by atoms with E-state index in [4.69, 9.17) is 0 Å². The number of fused-ring (bicyclic) bond motifs is 1. The summed E-state index contributed by atoms with van der Waals surface area (Å²) in [6.07, 6.45) is 7.11. The monoisotopic (exact) mass is 378 g/mol. The molecule has 0 aliphatic carbocycles. The summed E-state index contributed by atoms with van der Waals surface area (Å²) < 4.78 is 1.76. The second-order valence-electron chi connectivity index (χ2n) is 7.81. The molecule has 1 amide bonds. The maximum Gasteiger partial charge on any atom is 0.272 e. The van der Waals surface area contributed by atoms with Gasteiger partial charge in [-0.1, -0.05) is 30.3 Å². The summed E-state index contributed by atoms with van der Waals surface area (Å²) in [5, 5.41) is 10.2. The Labute approximate surface area is 164 Å². The molecule has 3 aromatic rings. The molecule has 146 valence electrons. The van der Waals surface area contributed by atoms with E-state index in [9.17, 15) is 9.90 Å². The molecule has 1 atom stereocenters. The van der Waals surface area contributed by atoms with Crippen molar-refractivity contribution in [2.45, 2.75) is 32.6 Å². The van der Waals surface area contributed by atoms with Crippen molar-refractivity contribution in [1.29, 1.82) is 0 Å². The Morgan fingerprint density at radius 3 is 2.86 bits per heavy atom. The summed E-state index contributed by atoms with van der Waals surface area (Å²) in [5.41, 5.74) is 2.27. The van der Waals surface area contributed by atoms with Crippen LogP contribution in [0.1, 0.15) is 41.0 Å². The summed E-state index contributed by atoms with van der Waals surface area (Å²) in [6.45, 7) is 3.22. The predicted molar refractivity (Wildman–Crippen MR) is 107 cm³/mol. The largest absolute Gasteiger partial charge is 0.396 e. The van der Waals surface area contributed by atoms with Crippen LogP contribution in [0.5, 0.6) is 0 Å². The van der Waals surface area contributed by atoms with Gasteiger partial charge in [-0.25, -0.2) is 9.97 Å². The number of hydrogen-bond donors (Lipinski definition) is 1. The van der Waals surface area contributed by atoms with Crippen molar-refractivity contribution in [3.05, 3.63) is 65.7 Å². The number of likely N-dealkylation sites (tertiary alicyclic amines) is 1. The van der Waals surface area contributed by atoms with E-state index < -0.39 is 0 Å². The molecule has 1 N–H and O–H groups in total. The zero-order valence-corrected chi connectivity index (χ0v) is 16.2. The Kier molecular flexibility index (Phi) is 5.13. The van der Waals surface area contributed by atoms with Crippen LogP contribution in [0.4, 0.5) is 0 Å². The van der Waals surface area contributed by atoms with E-state index in [0.717, 1.165) is 25.7 Å². The molecule has 1 aliphatic rings. The maximum atomic E-state index is 13.3. The van der Waals surface area contributed by atoms with Crippen molar-refractivity contribution in [3.8, 4) is 0 Å². The molecule has 0 radical (unpaired) electrons. The second kappa shape index (κ2) is 7.72. The average Bonchev–Trinajstić information content (AvgIpc) is 3.08. The highest BCUT2D eigenvalue weighted by Crippen LogP contribution is 2.35. The summed E-state index contributed by atoms with van der Waals surface area (Å²) >= 11 is 0. The van der Waals surface area contributed by atoms with Crippen LogP contribution in [0.2, 0.25) is 0 Å². The molecule has 4 rings (SSSR count). The van der Waals surface area contributed by atoms with Gasteiger partial charge >= 0.3 is 0 Å². The molecule has 1 fully saturated rings. The molecule has 6 nitrogen and oxygen atoms in total. The number of amides is 1. The van der Waals surface area contributed by atoms with E-state index in [1.807, 2.05) is 36.2 Å². The summed E-state index contributed by atoms with van der Waals surface area (Å²) in [6, 6.07) is 12.1. The third kappa shape index (κ3) is 3.52. The fourth-order valence-corrected chi connectivity index (χ4v) is 4.25. The number of imidazole rings is 1. The fourth-order valence-electron chi connectivity index (χ4n) is 4.25. The second-order valence-corrected chi connectivity index (χ2v) is 7.81. The number of carbonyl (C=O) groups excluding carboxylic acids is 1. The first-order valence-electron chi connectivity index (χ1n) is 9.86. The number of rotatable bonds is 5. The number of nitrogens with zero attached hydrogens (tertiary/aromatic N) is 4. The van der Waals surface area contributed by atoms with Crippen LogP contribution in [0, 0.1) is 12.3 Å². The van der Waals surface area contributed by atoms with Gasteiger partial charge in [0.2, 0.25) is 5.78 Å². The van der Waals surface area contributed by atoms with E-state index in [0.29, 0.717) is 30.3 Å². The molecule has 2 aromatic heterocycles. The number of aliphatic hydroxyl groups excluding tert-OH is 1. The van der Waals surface area contributed by atoms with Crippen molar-refractivity contribution >= 4 is 11.7 Å². The van der Waals surface area contributed by atoms with Gasteiger partial charge in [0.1, 0.15) is 5.69 Å². The molecule has 1 aromatic carbocycles. The molecular formula is C22H26N4O2. The smallest absolute Gasteiger partial charge is 0.272 e. The summed E-state index contributed by atoms with van der Waals surface area (Å²) in [4.78, 5) is 23.9. The van der Waals surface area contributed by atoms with Gasteiger partial charge in [0.05, 0.1) is 12.3 Å². The lowest BCUT2D eigenvalue weighted by atomic mass is 9.76. The minimum atomic E-state index is -0.254. The number of aromatic nitrogens is 3. The number of carbonyl (C=O) groups is 1. The highest BCUT2D eigenvalue weighted by molar-refractivity contribution is 5.94. The first-order chi connectivity index (χ1) is 13.6. The Bertz CT molecular complexity index is 969. The zero-order valence-electron chi connectivity index (χ0n) is 16.2. The first-order valence-corrected chi connectivity index (χ1v) is 9.86. The van der Waals surface area contributed by atoms with Gasteiger partial charge in [0, 0.05) is 30.9 Å². The lowest BCUT2D eigenvalue weighted by Gasteiger charge is -2.42. The molecule has 0 bridgehead atoms. The van der Waals surface area contributed by atoms with Crippen molar-refractivity contribution in [2.75, 3.05) is 19.7 Å². The van der Waals surface area contributed by atoms with Crippen LogP contribution in [-0.4, -0.2) is 50.0 Å². The third-order valence-electron chi connectivity index (χ3n) is 5.85. The van der Waals surface area contributed by atoms with Gasteiger partial charge < -0.3 is 10.0 Å². The van der Waals surface area contributed by atoms with Crippen molar-refractivity contribution in [1.82, 2.24) is 19.3 Å². The van der Waals surface area contributed by atoms with E-state index >= 15 is 0 Å². The van der Waals surface area contributed by atoms with Gasteiger partial charge in [0.15, 0.2) is 0 Å². The predicted octanol–water partition coefficient (Wildman–Crippen LogP) is 2.89. The number of aliphatic hydroxyl groups is 1. The SMILES string of the molecule is Cc1nc2ncccn2c1C(=O)N1CCCC(CO)(CCc2ccccc2)C1. The molecule has 1 unspecified atom stereocenters. The van der Waals surface area contributed by atoms with Gasteiger partial charge in [-0.3, -0.25) is 9.20 Å². The fraction of sp³-hybridized carbons (Fsp3) is 0.409. The molecule has 0 saturated carbocycles. The van der Waals surface area contributed by atoms with E-state index in [2.05, 4.69) is 22.1 Å². The van der Waals surface area contributed by atoms with Gasteiger partial charge in [0.25, 0.3) is 5.91 Å². The van der Waals surface area contributed by atoms with Crippen molar-refractivity contribution in [2.24, 2.45) is 5.41 Å². The van der Waals surface area contributed by atoms with Gasteiger partial charge in [-0.15, -0.1) is 0 Å². The van der Waals surface area contributed by atoms with Crippen molar-refractivity contribution < 1.29 is 9.90 Å². The first kappa shape index (κ1) is 18.6. The van der Waals surface area contributed by atoms with E-state index in [1.165, 1.54) is 5.56 Å². The number of piperidine rings is 1. The molecule has 28 heavy (non-hydrogen) atoms. The minimum absolute atomic E-state index is 0.0322. The molecule has 0 spiro atoms. The Morgan fingerprint density at radius 1 is 1.25 bits per heavy atom. The minimum Gasteiger partial charge on any atom is -0.396 e. The lowest BCUT2D eigenvalue weighted by molar-refractivity contribution is 0.0223. The number of aryl methyl sites for hydroxylation is 2. The summed E-state index contributed by atoms with van der Waals surface area (Å²) in [7, 11) is 0. The zero-order chi connectivity index (χ0) is 19.6.